The van der Waals surface area contributed by atoms with Crippen LogP contribution in [0, 0.1) is 5.92 Å². The highest BCUT2D eigenvalue weighted by molar-refractivity contribution is 6.07. The van der Waals surface area contributed by atoms with Gasteiger partial charge in [0, 0.05) is 30.8 Å². The van der Waals surface area contributed by atoms with Gasteiger partial charge in [0.15, 0.2) is 0 Å². The van der Waals surface area contributed by atoms with Crippen LogP contribution in [0.2, 0.25) is 0 Å². The SMILES string of the molecule is O=C(c1ccc2c(c1)C1(OCCCO1)C(=O)N2CC1CC1)N1CCOCC1. The molecule has 7 heteroatoms. The van der Waals surface area contributed by atoms with Crippen molar-refractivity contribution in [3.8, 4) is 0 Å². The molecular formula is C20H24N2O5. The van der Waals surface area contributed by atoms with Crippen LogP contribution in [0.3, 0.4) is 0 Å². The zero-order chi connectivity index (χ0) is 18.4. The van der Waals surface area contributed by atoms with Gasteiger partial charge in [-0.15, -0.1) is 0 Å². The molecule has 27 heavy (non-hydrogen) atoms. The van der Waals surface area contributed by atoms with Crippen LogP contribution < -0.4 is 4.90 Å². The molecule has 1 aliphatic carbocycles. The van der Waals surface area contributed by atoms with Crippen molar-refractivity contribution in [2.75, 3.05) is 51.0 Å². The van der Waals surface area contributed by atoms with Crippen molar-refractivity contribution in [3.63, 3.8) is 0 Å². The van der Waals surface area contributed by atoms with E-state index in [0.717, 1.165) is 24.9 Å². The normalized spacial score (nSPS) is 24.4. The van der Waals surface area contributed by atoms with Crippen molar-refractivity contribution in [2.45, 2.75) is 25.0 Å². The molecule has 0 aromatic heterocycles. The number of amides is 2. The molecule has 0 atom stereocenters. The van der Waals surface area contributed by atoms with E-state index in [4.69, 9.17) is 14.2 Å². The molecule has 1 aromatic rings. The predicted octanol–water partition coefficient (Wildman–Crippen LogP) is 1.51. The first kappa shape index (κ1) is 17.2. The van der Waals surface area contributed by atoms with Crippen molar-refractivity contribution in [2.24, 2.45) is 5.92 Å². The van der Waals surface area contributed by atoms with E-state index in [1.807, 2.05) is 12.1 Å². The molecule has 0 radical (unpaired) electrons. The van der Waals surface area contributed by atoms with E-state index in [-0.39, 0.29) is 11.8 Å². The lowest BCUT2D eigenvalue weighted by molar-refractivity contribution is -0.256. The van der Waals surface area contributed by atoms with Crippen LogP contribution in [0.5, 0.6) is 0 Å². The number of benzene rings is 1. The third-order valence-corrected chi connectivity index (χ3v) is 5.75. The average molecular weight is 372 g/mol. The van der Waals surface area contributed by atoms with E-state index in [2.05, 4.69) is 0 Å². The monoisotopic (exact) mass is 372 g/mol. The molecule has 1 spiro atoms. The van der Waals surface area contributed by atoms with Gasteiger partial charge in [0.1, 0.15) is 0 Å². The van der Waals surface area contributed by atoms with Crippen molar-refractivity contribution >= 4 is 17.5 Å². The molecule has 144 valence electrons. The second kappa shape index (κ2) is 6.58. The second-order valence-electron chi connectivity index (χ2n) is 7.66. The number of fused-ring (bicyclic) bond motifs is 2. The number of ether oxygens (including phenoxy) is 3. The molecule has 3 heterocycles. The van der Waals surface area contributed by atoms with Crippen molar-refractivity contribution in [3.05, 3.63) is 29.3 Å². The number of morpholine rings is 1. The van der Waals surface area contributed by atoms with Gasteiger partial charge in [-0.05, 0) is 43.4 Å². The maximum absolute atomic E-state index is 13.2. The molecule has 0 N–H and O–H groups in total. The Hall–Kier alpha value is -1.96. The maximum Gasteiger partial charge on any atom is 0.292 e. The van der Waals surface area contributed by atoms with E-state index in [9.17, 15) is 9.59 Å². The Kier molecular flexibility index (Phi) is 4.18. The topological polar surface area (TPSA) is 68.3 Å². The Morgan fingerprint density at radius 3 is 2.56 bits per heavy atom. The van der Waals surface area contributed by atoms with Crippen LogP contribution >= 0.6 is 0 Å². The lowest BCUT2D eigenvalue weighted by Gasteiger charge is -2.32. The summed E-state index contributed by atoms with van der Waals surface area (Å²) >= 11 is 0. The molecule has 5 rings (SSSR count). The van der Waals surface area contributed by atoms with Crippen molar-refractivity contribution in [1.29, 1.82) is 0 Å². The number of nitrogens with zero attached hydrogens (tertiary/aromatic N) is 2. The molecule has 2 saturated heterocycles. The summed E-state index contributed by atoms with van der Waals surface area (Å²) in [7, 11) is 0. The summed E-state index contributed by atoms with van der Waals surface area (Å²) in [6.07, 6.45) is 3.07. The molecule has 7 nitrogen and oxygen atoms in total. The zero-order valence-electron chi connectivity index (χ0n) is 15.3. The van der Waals surface area contributed by atoms with E-state index < -0.39 is 5.79 Å². The van der Waals surface area contributed by atoms with Gasteiger partial charge < -0.3 is 24.0 Å². The van der Waals surface area contributed by atoms with Crippen LogP contribution in [-0.2, 0) is 24.8 Å². The minimum Gasteiger partial charge on any atom is -0.378 e. The fourth-order valence-electron chi connectivity index (χ4n) is 4.07. The summed E-state index contributed by atoms with van der Waals surface area (Å²) < 4.78 is 17.2. The number of hydrogen-bond donors (Lipinski definition) is 0. The number of hydrogen-bond acceptors (Lipinski definition) is 5. The summed E-state index contributed by atoms with van der Waals surface area (Å²) in [6, 6.07) is 5.48. The lowest BCUT2D eigenvalue weighted by atomic mass is 10.0. The minimum absolute atomic E-state index is 0.0415. The second-order valence-corrected chi connectivity index (χ2v) is 7.66. The molecule has 3 fully saturated rings. The van der Waals surface area contributed by atoms with Gasteiger partial charge in [-0.3, -0.25) is 9.59 Å². The smallest absolute Gasteiger partial charge is 0.292 e. The largest absolute Gasteiger partial charge is 0.378 e. The molecule has 2 amide bonds. The standard InChI is InChI=1S/C20H24N2O5/c23-18(21-6-10-25-11-7-21)15-4-5-17-16(12-15)20(26-8-1-9-27-20)19(24)22(17)13-14-2-3-14/h4-5,12,14H,1-3,6-11,13H2. The van der Waals surface area contributed by atoms with Gasteiger partial charge >= 0.3 is 0 Å². The fraction of sp³-hybridized carbons (Fsp3) is 0.600. The molecular weight excluding hydrogens is 348 g/mol. The highest BCUT2D eigenvalue weighted by atomic mass is 16.7. The van der Waals surface area contributed by atoms with E-state index in [1.165, 1.54) is 0 Å². The van der Waals surface area contributed by atoms with Gasteiger partial charge in [0.05, 0.1) is 32.1 Å². The van der Waals surface area contributed by atoms with Crippen LogP contribution in [0.15, 0.2) is 18.2 Å². The Bertz CT molecular complexity index is 764. The summed E-state index contributed by atoms with van der Waals surface area (Å²) in [5, 5.41) is 0. The molecule has 1 saturated carbocycles. The first-order chi connectivity index (χ1) is 13.2. The highest BCUT2D eigenvalue weighted by Crippen LogP contribution is 2.47. The first-order valence-corrected chi connectivity index (χ1v) is 9.80. The molecule has 3 aliphatic heterocycles. The third kappa shape index (κ3) is 2.85. The molecule has 4 aliphatic rings. The molecule has 0 bridgehead atoms. The van der Waals surface area contributed by atoms with Gasteiger partial charge in [0.25, 0.3) is 17.6 Å². The highest BCUT2D eigenvalue weighted by Gasteiger charge is 2.55. The van der Waals surface area contributed by atoms with Crippen LogP contribution in [-0.4, -0.2) is 62.8 Å². The van der Waals surface area contributed by atoms with Gasteiger partial charge in [-0.2, -0.15) is 0 Å². The molecule has 0 unspecified atom stereocenters. The van der Waals surface area contributed by atoms with Gasteiger partial charge in [-0.25, -0.2) is 0 Å². The lowest BCUT2D eigenvalue weighted by Crippen LogP contribution is -2.47. The average Bonchev–Trinajstić information content (AvgIpc) is 3.53. The number of rotatable bonds is 3. The summed E-state index contributed by atoms with van der Waals surface area (Å²) in [5.41, 5.74) is 2.05. The van der Waals surface area contributed by atoms with E-state index in [0.29, 0.717) is 63.1 Å². The fourth-order valence-corrected chi connectivity index (χ4v) is 4.07. The van der Waals surface area contributed by atoms with Crippen LogP contribution in [0.25, 0.3) is 0 Å². The van der Waals surface area contributed by atoms with Crippen molar-refractivity contribution < 1.29 is 23.8 Å². The number of carbonyl (C=O) groups excluding carboxylic acids is 2. The Labute approximate surface area is 158 Å². The third-order valence-electron chi connectivity index (χ3n) is 5.75. The van der Waals surface area contributed by atoms with E-state index >= 15 is 0 Å². The number of anilines is 1. The van der Waals surface area contributed by atoms with Crippen LogP contribution in [0.4, 0.5) is 5.69 Å². The van der Waals surface area contributed by atoms with Gasteiger partial charge in [-0.1, -0.05) is 0 Å². The zero-order valence-corrected chi connectivity index (χ0v) is 15.3. The van der Waals surface area contributed by atoms with Crippen molar-refractivity contribution in [1.82, 2.24) is 4.90 Å². The summed E-state index contributed by atoms with van der Waals surface area (Å²) in [5.74, 6) is -1.03. The summed E-state index contributed by atoms with van der Waals surface area (Å²) in [4.78, 5) is 29.7. The molecule has 1 aromatic carbocycles. The van der Waals surface area contributed by atoms with Gasteiger partial charge in [0.2, 0.25) is 0 Å². The number of carbonyl (C=O) groups is 2. The Morgan fingerprint density at radius 1 is 1.11 bits per heavy atom. The maximum atomic E-state index is 13.2. The first-order valence-electron chi connectivity index (χ1n) is 9.80. The summed E-state index contributed by atoms with van der Waals surface area (Å²) in [6.45, 7) is 3.92. The van der Waals surface area contributed by atoms with Crippen LogP contribution in [0.1, 0.15) is 35.2 Å². The Balaban J connectivity index is 1.52. The predicted molar refractivity (Wildman–Crippen MR) is 96.4 cm³/mol. The van der Waals surface area contributed by atoms with E-state index in [1.54, 1.807) is 15.9 Å². The Morgan fingerprint density at radius 2 is 1.85 bits per heavy atom. The minimum atomic E-state index is -1.39. The quantitative estimate of drug-likeness (QED) is 0.805.